The third-order valence-corrected chi connectivity index (χ3v) is 3.69. The molecule has 25 heavy (non-hydrogen) atoms. The zero-order chi connectivity index (χ0) is 18.2. The molecule has 3 N–H and O–H groups in total. The summed E-state index contributed by atoms with van der Waals surface area (Å²) in [5.74, 6) is -1.21. The van der Waals surface area contributed by atoms with E-state index in [9.17, 15) is 9.59 Å². The summed E-state index contributed by atoms with van der Waals surface area (Å²) >= 11 is 0. The molecular formula is C17H18N4O4. The van der Waals surface area contributed by atoms with Crippen molar-refractivity contribution in [1.29, 1.82) is 5.26 Å². The first kappa shape index (κ1) is 18.0. The van der Waals surface area contributed by atoms with Crippen molar-refractivity contribution in [1.82, 2.24) is 9.88 Å². The van der Waals surface area contributed by atoms with E-state index in [4.69, 9.17) is 15.5 Å². The number of aromatic nitrogens is 1. The molecule has 1 atom stereocenters. The second-order valence-corrected chi connectivity index (χ2v) is 5.43. The van der Waals surface area contributed by atoms with Crippen LogP contribution in [0.2, 0.25) is 0 Å². The first-order valence-corrected chi connectivity index (χ1v) is 7.72. The molecule has 0 spiro atoms. The number of para-hydroxylation sites is 1. The Morgan fingerprint density at radius 2 is 2.04 bits per heavy atom. The second-order valence-electron chi connectivity index (χ2n) is 5.43. The van der Waals surface area contributed by atoms with Crippen molar-refractivity contribution in [3.8, 4) is 6.19 Å². The highest BCUT2D eigenvalue weighted by atomic mass is 16.4. The van der Waals surface area contributed by atoms with Crippen LogP contribution in [0.5, 0.6) is 0 Å². The Kier molecular flexibility index (Phi) is 6.12. The Hall–Kier alpha value is -3.34. The molecule has 1 aliphatic rings. The summed E-state index contributed by atoms with van der Waals surface area (Å²) in [6, 6.07) is 10.8. The van der Waals surface area contributed by atoms with E-state index < -0.39 is 18.0 Å². The number of nitrogens with zero attached hydrogens (tertiary/aromatic N) is 3. The summed E-state index contributed by atoms with van der Waals surface area (Å²) in [5, 5.41) is 29.2. The lowest BCUT2D eigenvalue weighted by Gasteiger charge is -2.11. The molecule has 1 fully saturated rings. The lowest BCUT2D eigenvalue weighted by atomic mass is 10.2. The third-order valence-electron chi connectivity index (χ3n) is 3.69. The SMILES string of the molecule is N#CN1CCC[C@H]1C(=O)O.O=C(O)CNc1ccc2ccccc2n1. The maximum Gasteiger partial charge on any atom is 0.327 e. The van der Waals surface area contributed by atoms with E-state index in [2.05, 4.69) is 10.3 Å². The second kappa shape index (κ2) is 8.49. The van der Waals surface area contributed by atoms with Crippen molar-refractivity contribution in [2.45, 2.75) is 18.9 Å². The van der Waals surface area contributed by atoms with E-state index in [0.29, 0.717) is 18.8 Å². The smallest absolute Gasteiger partial charge is 0.327 e. The fourth-order valence-electron chi connectivity index (χ4n) is 2.47. The van der Waals surface area contributed by atoms with E-state index >= 15 is 0 Å². The van der Waals surface area contributed by atoms with Crippen molar-refractivity contribution in [2.75, 3.05) is 18.4 Å². The number of likely N-dealkylation sites (tertiary alicyclic amines) is 1. The number of carboxylic acid groups (broad SMARTS) is 2. The lowest BCUT2D eigenvalue weighted by molar-refractivity contribution is -0.141. The van der Waals surface area contributed by atoms with Crippen LogP contribution in [0.25, 0.3) is 10.9 Å². The van der Waals surface area contributed by atoms with Gasteiger partial charge < -0.3 is 15.5 Å². The summed E-state index contributed by atoms with van der Waals surface area (Å²) < 4.78 is 0. The van der Waals surface area contributed by atoms with Crippen molar-refractivity contribution < 1.29 is 19.8 Å². The fourth-order valence-corrected chi connectivity index (χ4v) is 2.47. The minimum absolute atomic E-state index is 0.120. The van der Waals surface area contributed by atoms with Gasteiger partial charge in [0.15, 0.2) is 6.19 Å². The summed E-state index contributed by atoms with van der Waals surface area (Å²) in [5.41, 5.74) is 0.855. The van der Waals surface area contributed by atoms with Crippen molar-refractivity contribution >= 4 is 28.7 Å². The topological polar surface area (TPSA) is 127 Å². The molecule has 0 unspecified atom stereocenters. The van der Waals surface area contributed by atoms with Crippen LogP contribution in [0.15, 0.2) is 36.4 Å². The lowest BCUT2D eigenvalue weighted by Crippen LogP contribution is -2.31. The van der Waals surface area contributed by atoms with Gasteiger partial charge in [-0.15, -0.1) is 0 Å². The zero-order valence-corrected chi connectivity index (χ0v) is 13.4. The predicted molar refractivity (Wildman–Crippen MR) is 90.8 cm³/mol. The Balaban J connectivity index is 0.000000196. The number of pyridine rings is 1. The van der Waals surface area contributed by atoms with Crippen LogP contribution in [-0.2, 0) is 9.59 Å². The van der Waals surface area contributed by atoms with Gasteiger partial charge in [-0.05, 0) is 31.0 Å². The molecule has 1 aromatic carbocycles. The molecule has 0 amide bonds. The molecule has 1 aromatic heterocycles. The van der Waals surface area contributed by atoms with Gasteiger partial charge in [-0.3, -0.25) is 9.69 Å². The Morgan fingerprint density at radius 3 is 2.68 bits per heavy atom. The highest BCUT2D eigenvalue weighted by molar-refractivity contribution is 5.80. The molecule has 1 aliphatic heterocycles. The molecule has 130 valence electrons. The summed E-state index contributed by atoms with van der Waals surface area (Å²) in [4.78, 5) is 26.3. The van der Waals surface area contributed by atoms with Gasteiger partial charge in [0, 0.05) is 11.9 Å². The van der Waals surface area contributed by atoms with Crippen molar-refractivity contribution in [2.24, 2.45) is 0 Å². The zero-order valence-electron chi connectivity index (χ0n) is 13.4. The van der Waals surface area contributed by atoms with Gasteiger partial charge in [-0.1, -0.05) is 18.2 Å². The number of aliphatic carboxylic acids is 2. The maximum absolute atomic E-state index is 10.4. The Morgan fingerprint density at radius 1 is 1.28 bits per heavy atom. The summed E-state index contributed by atoms with van der Waals surface area (Å²) in [7, 11) is 0. The minimum Gasteiger partial charge on any atom is -0.480 e. The number of nitrogens with one attached hydrogen (secondary N) is 1. The molecule has 2 aromatic rings. The molecule has 0 radical (unpaired) electrons. The summed E-state index contributed by atoms with van der Waals surface area (Å²) in [6.07, 6.45) is 3.26. The Bertz CT molecular complexity index is 803. The van der Waals surface area contributed by atoms with Crippen LogP contribution in [0.3, 0.4) is 0 Å². The van der Waals surface area contributed by atoms with E-state index in [1.54, 1.807) is 6.07 Å². The molecule has 8 heteroatoms. The monoisotopic (exact) mass is 342 g/mol. The number of hydrogen-bond acceptors (Lipinski definition) is 6. The van der Waals surface area contributed by atoms with E-state index in [0.717, 1.165) is 17.3 Å². The van der Waals surface area contributed by atoms with E-state index in [-0.39, 0.29) is 6.54 Å². The molecule has 3 rings (SSSR count). The first-order valence-electron chi connectivity index (χ1n) is 7.72. The van der Waals surface area contributed by atoms with Gasteiger partial charge in [0.1, 0.15) is 18.4 Å². The molecule has 0 saturated carbocycles. The molecular weight excluding hydrogens is 324 g/mol. The quantitative estimate of drug-likeness (QED) is 0.717. The van der Waals surface area contributed by atoms with Gasteiger partial charge in [0.2, 0.25) is 0 Å². The average Bonchev–Trinajstić information content (AvgIpc) is 3.09. The van der Waals surface area contributed by atoms with Crippen LogP contribution in [0, 0.1) is 11.5 Å². The molecule has 0 bridgehead atoms. The minimum atomic E-state index is -0.898. The van der Waals surface area contributed by atoms with Gasteiger partial charge in [0.05, 0.1) is 5.52 Å². The highest BCUT2D eigenvalue weighted by Crippen LogP contribution is 2.15. The third kappa shape index (κ3) is 5.07. The molecule has 0 aliphatic carbocycles. The van der Waals surface area contributed by atoms with Gasteiger partial charge in [0.25, 0.3) is 0 Å². The predicted octanol–water partition coefficient (Wildman–Crippen LogP) is 1.75. The number of nitriles is 1. The van der Waals surface area contributed by atoms with Gasteiger partial charge in [-0.25, -0.2) is 9.78 Å². The first-order chi connectivity index (χ1) is 12.0. The number of hydrogen-bond donors (Lipinski definition) is 3. The Labute approximate surface area is 144 Å². The number of anilines is 1. The van der Waals surface area contributed by atoms with Crippen LogP contribution in [0.4, 0.5) is 5.82 Å². The van der Waals surface area contributed by atoms with Crippen LogP contribution >= 0.6 is 0 Å². The van der Waals surface area contributed by atoms with Crippen molar-refractivity contribution in [3.63, 3.8) is 0 Å². The largest absolute Gasteiger partial charge is 0.480 e. The fraction of sp³-hybridized carbons (Fsp3) is 0.294. The number of benzene rings is 1. The normalized spacial score (nSPS) is 15.8. The number of fused-ring (bicyclic) bond motifs is 1. The van der Waals surface area contributed by atoms with Crippen LogP contribution in [0.1, 0.15) is 12.8 Å². The summed E-state index contributed by atoms with van der Waals surface area (Å²) in [6.45, 7) is 0.471. The number of carbonyl (C=O) groups is 2. The van der Waals surface area contributed by atoms with Crippen molar-refractivity contribution in [3.05, 3.63) is 36.4 Å². The highest BCUT2D eigenvalue weighted by Gasteiger charge is 2.29. The van der Waals surface area contributed by atoms with Crippen LogP contribution < -0.4 is 5.32 Å². The standard InChI is InChI=1S/C11H10N2O2.C6H8N2O2/c14-11(15)7-12-10-6-5-8-3-1-2-4-9(8)13-10;7-4-8-3-1-2-5(8)6(9)10/h1-6H,7H2,(H,12,13)(H,14,15);5H,1-3H2,(H,9,10)/t;5-/m.0/s1. The molecule has 2 heterocycles. The van der Waals surface area contributed by atoms with E-state index in [1.165, 1.54) is 4.90 Å². The van der Waals surface area contributed by atoms with Crippen LogP contribution in [-0.4, -0.2) is 51.2 Å². The number of rotatable bonds is 4. The number of carboxylic acids is 2. The molecule has 1 saturated heterocycles. The average molecular weight is 342 g/mol. The van der Waals surface area contributed by atoms with Gasteiger partial charge >= 0.3 is 11.9 Å². The van der Waals surface area contributed by atoms with Gasteiger partial charge in [-0.2, -0.15) is 5.26 Å². The molecule has 8 nitrogen and oxygen atoms in total. The van der Waals surface area contributed by atoms with E-state index in [1.807, 2.05) is 36.5 Å². The maximum atomic E-state index is 10.4.